The topological polar surface area (TPSA) is 74.8 Å². The third-order valence-corrected chi connectivity index (χ3v) is 3.88. The molecule has 0 heterocycles. The molecule has 134 valence electrons. The number of hydrogen-bond acceptors (Lipinski definition) is 3. The van der Waals surface area contributed by atoms with Crippen molar-refractivity contribution in [2.24, 2.45) is 10.9 Å². The summed E-state index contributed by atoms with van der Waals surface area (Å²) in [5.41, 5.74) is -0.464. The quantitative estimate of drug-likeness (QED) is 0.398. The summed E-state index contributed by atoms with van der Waals surface area (Å²) in [4.78, 5) is 15.7. The minimum atomic E-state index is -0.464. The first-order chi connectivity index (χ1) is 10.9. The van der Waals surface area contributed by atoms with Crippen LogP contribution in [0.1, 0.15) is 59.3 Å². The van der Waals surface area contributed by atoms with Gasteiger partial charge in [0.15, 0.2) is 5.96 Å². The van der Waals surface area contributed by atoms with Crippen LogP contribution in [0.5, 0.6) is 0 Å². The lowest BCUT2D eigenvalue weighted by atomic mass is 9.87. The minimum absolute atomic E-state index is 0.389. The van der Waals surface area contributed by atoms with Gasteiger partial charge in [0.25, 0.3) is 0 Å². The molecule has 0 aromatic heterocycles. The lowest BCUT2D eigenvalue weighted by molar-refractivity contribution is 0.0529. The lowest BCUT2D eigenvalue weighted by Crippen LogP contribution is -2.42. The molecule has 0 spiro atoms. The summed E-state index contributed by atoms with van der Waals surface area (Å²) in [6, 6.07) is 0. The van der Waals surface area contributed by atoms with Gasteiger partial charge < -0.3 is 20.7 Å². The Morgan fingerprint density at radius 3 is 2.26 bits per heavy atom. The Morgan fingerprint density at radius 1 is 1.04 bits per heavy atom. The van der Waals surface area contributed by atoms with E-state index in [2.05, 4.69) is 20.9 Å². The molecule has 0 aliphatic heterocycles. The number of carbonyl (C=O) groups excluding carboxylic acids is 1. The van der Waals surface area contributed by atoms with Crippen LogP contribution in [0.15, 0.2) is 4.99 Å². The third kappa shape index (κ3) is 10.0. The first-order valence-corrected chi connectivity index (χ1v) is 8.82. The van der Waals surface area contributed by atoms with Gasteiger partial charge in [0, 0.05) is 26.7 Å². The molecule has 0 atom stereocenters. The smallest absolute Gasteiger partial charge is 0.407 e. The molecule has 1 fully saturated rings. The van der Waals surface area contributed by atoms with Crippen molar-refractivity contribution in [2.75, 3.05) is 26.7 Å². The molecule has 1 amide bonds. The summed E-state index contributed by atoms with van der Waals surface area (Å²) in [5.74, 6) is 1.65. The van der Waals surface area contributed by atoms with Gasteiger partial charge in [-0.1, -0.05) is 32.1 Å². The Labute approximate surface area is 140 Å². The van der Waals surface area contributed by atoms with Crippen LogP contribution in [0.4, 0.5) is 4.79 Å². The Kier molecular flexibility index (Phi) is 8.81. The summed E-state index contributed by atoms with van der Waals surface area (Å²) >= 11 is 0. The minimum Gasteiger partial charge on any atom is -0.444 e. The molecule has 1 rings (SSSR count). The molecule has 1 saturated carbocycles. The van der Waals surface area contributed by atoms with Gasteiger partial charge in [-0.05, 0) is 33.1 Å². The molecule has 6 nitrogen and oxygen atoms in total. The van der Waals surface area contributed by atoms with Gasteiger partial charge in [0.05, 0.1) is 0 Å². The van der Waals surface area contributed by atoms with Crippen LogP contribution in [0.3, 0.4) is 0 Å². The highest BCUT2D eigenvalue weighted by Gasteiger charge is 2.15. The number of guanidine groups is 1. The van der Waals surface area contributed by atoms with E-state index in [4.69, 9.17) is 4.74 Å². The van der Waals surface area contributed by atoms with Crippen molar-refractivity contribution in [2.45, 2.75) is 64.9 Å². The van der Waals surface area contributed by atoms with E-state index in [1.165, 1.54) is 38.5 Å². The number of hydrogen-bond donors (Lipinski definition) is 3. The number of amides is 1. The molecule has 0 aromatic rings. The molecule has 1 aliphatic rings. The molecule has 3 N–H and O–H groups in total. The predicted octanol–water partition coefficient (Wildman–Crippen LogP) is 2.65. The van der Waals surface area contributed by atoms with E-state index >= 15 is 0 Å². The van der Waals surface area contributed by atoms with Crippen molar-refractivity contribution < 1.29 is 9.53 Å². The van der Waals surface area contributed by atoms with Gasteiger partial charge in [-0.15, -0.1) is 0 Å². The number of alkyl carbamates (subject to hydrolysis) is 1. The molecule has 6 heteroatoms. The Hall–Kier alpha value is -1.46. The van der Waals surface area contributed by atoms with Crippen LogP contribution in [0.2, 0.25) is 0 Å². The number of ether oxygens (including phenoxy) is 1. The van der Waals surface area contributed by atoms with E-state index in [0.717, 1.165) is 18.4 Å². The average molecular weight is 326 g/mol. The molecule has 23 heavy (non-hydrogen) atoms. The van der Waals surface area contributed by atoms with Crippen molar-refractivity contribution in [3.8, 4) is 0 Å². The van der Waals surface area contributed by atoms with Crippen molar-refractivity contribution in [1.82, 2.24) is 16.0 Å². The molecule has 0 radical (unpaired) electrons. The number of aliphatic imine (C=N–C) groups is 1. The number of nitrogens with zero attached hydrogens (tertiary/aromatic N) is 1. The second kappa shape index (κ2) is 10.3. The van der Waals surface area contributed by atoms with Gasteiger partial charge in [-0.2, -0.15) is 0 Å². The monoisotopic (exact) mass is 326 g/mol. The van der Waals surface area contributed by atoms with Crippen molar-refractivity contribution in [3.05, 3.63) is 0 Å². The molecule has 0 aromatic carbocycles. The lowest BCUT2D eigenvalue weighted by Gasteiger charge is -2.22. The van der Waals surface area contributed by atoms with E-state index in [0.29, 0.717) is 13.1 Å². The van der Waals surface area contributed by atoms with Crippen molar-refractivity contribution in [3.63, 3.8) is 0 Å². The van der Waals surface area contributed by atoms with Crippen LogP contribution in [0, 0.1) is 5.92 Å². The van der Waals surface area contributed by atoms with Gasteiger partial charge in [0.1, 0.15) is 5.60 Å². The molecular formula is C17H34N4O2. The first-order valence-electron chi connectivity index (χ1n) is 8.82. The fraction of sp³-hybridized carbons (Fsp3) is 0.882. The predicted molar refractivity (Wildman–Crippen MR) is 94.8 cm³/mol. The highest BCUT2D eigenvalue weighted by atomic mass is 16.6. The molecular weight excluding hydrogens is 292 g/mol. The maximum absolute atomic E-state index is 11.5. The number of nitrogens with one attached hydrogen (secondary N) is 3. The van der Waals surface area contributed by atoms with E-state index in [-0.39, 0.29) is 6.09 Å². The molecule has 0 unspecified atom stereocenters. The van der Waals surface area contributed by atoms with Gasteiger partial charge in [0.2, 0.25) is 0 Å². The van der Waals surface area contributed by atoms with Crippen LogP contribution in [0.25, 0.3) is 0 Å². The second-order valence-electron chi connectivity index (χ2n) is 7.15. The van der Waals surface area contributed by atoms with Crippen LogP contribution >= 0.6 is 0 Å². The molecule has 0 saturated heterocycles. The van der Waals surface area contributed by atoms with E-state index in [9.17, 15) is 4.79 Å². The van der Waals surface area contributed by atoms with Crippen LogP contribution in [-0.4, -0.2) is 44.3 Å². The standard InChI is InChI=1S/C17H34N4O2/c1-17(2,3)23-16(22)21-13-12-20-15(18-4)19-11-10-14-8-6-5-7-9-14/h14H,5-13H2,1-4H3,(H,21,22)(H2,18,19,20). The van der Waals surface area contributed by atoms with E-state index in [1.807, 2.05) is 20.8 Å². The summed E-state index contributed by atoms with van der Waals surface area (Å²) in [6.45, 7) is 7.61. The normalized spacial score (nSPS) is 16.8. The Bertz CT molecular complexity index is 371. The molecule has 1 aliphatic carbocycles. The SMILES string of the molecule is CN=C(NCCNC(=O)OC(C)(C)C)NCCC1CCCCC1. The Morgan fingerprint density at radius 2 is 1.65 bits per heavy atom. The van der Waals surface area contributed by atoms with Crippen molar-refractivity contribution >= 4 is 12.1 Å². The van der Waals surface area contributed by atoms with E-state index < -0.39 is 5.60 Å². The van der Waals surface area contributed by atoms with Gasteiger partial charge >= 0.3 is 6.09 Å². The van der Waals surface area contributed by atoms with Gasteiger partial charge in [-0.25, -0.2) is 4.79 Å². The van der Waals surface area contributed by atoms with E-state index in [1.54, 1.807) is 7.05 Å². The van der Waals surface area contributed by atoms with Gasteiger partial charge in [-0.3, -0.25) is 4.99 Å². The Balaban J connectivity index is 2.08. The first kappa shape index (κ1) is 19.6. The highest BCUT2D eigenvalue weighted by Crippen LogP contribution is 2.25. The number of carbonyl (C=O) groups is 1. The summed E-state index contributed by atoms with van der Waals surface area (Å²) in [5, 5.41) is 9.25. The second-order valence-corrected chi connectivity index (χ2v) is 7.15. The fourth-order valence-corrected chi connectivity index (χ4v) is 2.75. The zero-order valence-corrected chi connectivity index (χ0v) is 15.2. The summed E-state index contributed by atoms with van der Waals surface area (Å²) < 4.78 is 5.18. The average Bonchev–Trinajstić information content (AvgIpc) is 2.49. The maximum Gasteiger partial charge on any atom is 0.407 e. The summed E-state index contributed by atoms with van der Waals surface area (Å²) in [7, 11) is 1.76. The summed E-state index contributed by atoms with van der Waals surface area (Å²) in [6.07, 6.45) is 7.72. The maximum atomic E-state index is 11.5. The van der Waals surface area contributed by atoms with Crippen LogP contribution < -0.4 is 16.0 Å². The number of rotatable bonds is 6. The fourth-order valence-electron chi connectivity index (χ4n) is 2.75. The third-order valence-electron chi connectivity index (χ3n) is 3.88. The zero-order chi connectivity index (χ0) is 17.1. The highest BCUT2D eigenvalue weighted by molar-refractivity contribution is 5.79. The largest absolute Gasteiger partial charge is 0.444 e. The van der Waals surface area contributed by atoms with Crippen LogP contribution in [-0.2, 0) is 4.74 Å². The zero-order valence-electron chi connectivity index (χ0n) is 15.2. The van der Waals surface area contributed by atoms with Crippen molar-refractivity contribution in [1.29, 1.82) is 0 Å². The molecule has 0 bridgehead atoms.